The number of aromatic nitrogens is 1. The van der Waals surface area contributed by atoms with Crippen LogP contribution >= 0.6 is 11.3 Å². The highest BCUT2D eigenvalue weighted by Crippen LogP contribution is 2.22. The topological polar surface area (TPSA) is 31.4 Å². The maximum Gasteiger partial charge on any atom is 0.107 e. The minimum absolute atomic E-state index is 0.701. The number of hydrogen-bond acceptors (Lipinski definition) is 5. The molecule has 2 saturated heterocycles. The number of hydrogen-bond donors (Lipinski definition) is 1. The van der Waals surface area contributed by atoms with Gasteiger partial charge in [-0.25, -0.2) is 4.98 Å². The number of piperazine rings is 1. The van der Waals surface area contributed by atoms with Crippen molar-refractivity contribution in [3.05, 3.63) is 16.1 Å². The quantitative estimate of drug-likeness (QED) is 0.873. The number of nitrogens with zero attached hydrogens (tertiary/aromatic N) is 3. The van der Waals surface area contributed by atoms with Crippen LogP contribution in [0.5, 0.6) is 0 Å². The highest BCUT2D eigenvalue weighted by molar-refractivity contribution is 7.09. The molecule has 0 radical (unpaired) electrons. The lowest BCUT2D eigenvalue weighted by Crippen LogP contribution is -2.49. The molecule has 118 valence electrons. The Bertz CT molecular complexity index is 445. The van der Waals surface area contributed by atoms with E-state index in [1.165, 1.54) is 49.7 Å². The molecule has 1 atom stereocenters. The summed E-state index contributed by atoms with van der Waals surface area (Å²) in [6.07, 6.45) is 2.78. The molecule has 0 amide bonds. The monoisotopic (exact) mass is 308 g/mol. The van der Waals surface area contributed by atoms with E-state index in [2.05, 4.69) is 34.3 Å². The van der Waals surface area contributed by atoms with E-state index in [9.17, 15) is 0 Å². The van der Waals surface area contributed by atoms with Gasteiger partial charge in [-0.1, -0.05) is 13.8 Å². The molecule has 1 aromatic rings. The summed E-state index contributed by atoms with van der Waals surface area (Å²) in [5.41, 5.74) is 1.26. The first-order chi connectivity index (χ1) is 10.2. The first-order valence-corrected chi connectivity index (χ1v) is 9.19. The Balaban J connectivity index is 1.46. The summed E-state index contributed by atoms with van der Waals surface area (Å²) in [7, 11) is 0. The second-order valence-electron chi connectivity index (χ2n) is 6.82. The molecule has 5 heteroatoms. The van der Waals surface area contributed by atoms with Gasteiger partial charge in [0.25, 0.3) is 0 Å². The van der Waals surface area contributed by atoms with Crippen LogP contribution in [0.2, 0.25) is 0 Å². The molecule has 2 aliphatic heterocycles. The number of thiazole rings is 1. The summed E-state index contributed by atoms with van der Waals surface area (Å²) in [5, 5.41) is 6.95. The van der Waals surface area contributed by atoms with Gasteiger partial charge in [-0.3, -0.25) is 9.80 Å². The Morgan fingerprint density at radius 1 is 1.38 bits per heavy atom. The molecule has 3 heterocycles. The van der Waals surface area contributed by atoms with Gasteiger partial charge in [-0.15, -0.1) is 11.3 Å². The third-order valence-corrected chi connectivity index (χ3v) is 5.38. The minimum Gasteiger partial charge on any atom is -0.310 e. The Labute approximate surface area is 132 Å². The second kappa shape index (κ2) is 7.18. The van der Waals surface area contributed by atoms with E-state index in [0.717, 1.165) is 25.7 Å². The van der Waals surface area contributed by atoms with E-state index >= 15 is 0 Å². The Kier molecular flexibility index (Phi) is 5.27. The van der Waals surface area contributed by atoms with Crippen LogP contribution in [0.15, 0.2) is 5.38 Å². The summed E-state index contributed by atoms with van der Waals surface area (Å²) in [6, 6.07) is 0.810. The standard InChI is InChI=1S/C16H28N4S/c1-13(2)8-17-9-16-18-14(12-21-16)10-19-6-7-20-5-3-4-15(20)11-19/h12-13,15,17H,3-11H2,1-2H3. The average Bonchev–Trinajstić information content (AvgIpc) is 3.07. The maximum absolute atomic E-state index is 4.79. The van der Waals surface area contributed by atoms with Crippen LogP contribution in [-0.4, -0.2) is 53.5 Å². The first kappa shape index (κ1) is 15.4. The molecular formula is C16H28N4S. The smallest absolute Gasteiger partial charge is 0.107 e. The van der Waals surface area contributed by atoms with E-state index < -0.39 is 0 Å². The van der Waals surface area contributed by atoms with Crippen molar-refractivity contribution in [2.45, 2.75) is 45.8 Å². The molecular weight excluding hydrogens is 280 g/mol. The molecule has 3 rings (SSSR count). The zero-order valence-electron chi connectivity index (χ0n) is 13.3. The normalized spacial score (nSPS) is 23.9. The van der Waals surface area contributed by atoms with Crippen molar-refractivity contribution < 1.29 is 0 Å². The predicted octanol–water partition coefficient (Wildman–Crippen LogP) is 2.17. The van der Waals surface area contributed by atoms with Crippen LogP contribution in [0.4, 0.5) is 0 Å². The number of rotatable bonds is 6. The van der Waals surface area contributed by atoms with Gasteiger partial charge in [0.1, 0.15) is 5.01 Å². The second-order valence-corrected chi connectivity index (χ2v) is 7.77. The van der Waals surface area contributed by atoms with Crippen LogP contribution in [0.1, 0.15) is 37.4 Å². The third kappa shape index (κ3) is 4.25. The summed E-state index contributed by atoms with van der Waals surface area (Å²) in [6.45, 7) is 12.5. The molecule has 0 aromatic carbocycles. The Morgan fingerprint density at radius 3 is 3.14 bits per heavy atom. The molecule has 21 heavy (non-hydrogen) atoms. The molecule has 0 aliphatic carbocycles. The number of fused-ring (bicyclic) bond motifs is 1. The fraction of sp³-hybridized carbons (Fsp3) is 0.812. The van der Waals surface area contributed by atoms with Crippen LogP contribution in [0.3, 0.4) is 0 Å². The van der Waals surface area contributed by atoms with Crippen LogP contribution in [0.25, 0.3) is 0 Å². The van der Waals surface area contributed by atoms with Crippen LogP contribution < -0.4 is 5.32 Å². The van der Waals surface area contributed by atoms with E-state index in [1.807, 2.05) is 0 Å². The van der Waals surface area contributed by atoms with E-state index in [-0.39, 0.29) is 0 Å². The van der Waals surface area contributed by atoms with Crippen molar-refractivity contribution >= 4 is 11.3 Å². The van der Waals surface area contributed by atoms with Gasteiger partial charge in [0.15, 0.2) is 0 Å². The molecule has 0 bridgehead atoms. The molecule has 0 spiro atoms. The Hall–Kier alpha value is -0.490. The molecule has 1 unspecified atom stereocenters. The molecule has 2 fully saturated rings. The van der Waals surface area contributed by atoms with E-state index in [0.29, 0.717) is 5.92 Å². The fourth-order valence-electron chi connectivity index (χ4n) is 3.40. The van der Waals surface area contributed by atoms with Crippen molar-refractivity contribution in [2.75, 3.05) is 32.7 Å². The summed E-state index contributed by atoms with van der Waals surface area (Å²) >= 11 is 1.80. The lowest BCUT2D eigenvalue weighted by atomic mass is 10.1. The molecule has 2 aliphatic rings. The molecule has 1 N–H and O–H groups in total. The summed E-state index contributed by atoms with van der Waals surface area (Å²) in [4.78, 5) is 10.0. The lowest BCUT2D eigenvalue weighted by molar-refractivity contribution is 0.0985. The molecule has 0 saturated carbocycles. The largest absolute Gasteiger partial charge is 0.310 e. The van der Waals surface area contributed by atoms with Gasteiger partial charge in [0, 0.05) is 44.1 Å². The van der Waals surface area contributed by atoms with E-state index in [4.69, 9.17) is 4.98 Å². The average molecular weight is 308 g/mol. The van der Waals surface area contributed by atoms with Crippen molar-refractivity contribution in [2.24, 2.45) is 5.92 Å². The zero-order chi connectivity index (χ0) is 14.7. The third-order valence-electron chi connectivity index (χ3n) is 4.49. The molecule has 4 nitrogen and oxygen atoms in total. The van der Waals surface area contributed by atoms with Crippen LogP contribution in [0, 0.1) is 5.92 Å². The first-order valence-electron chi connectivity index (χ1n) is 8.31. The van der Waals surface area contributed by atoms with Gasteiger partial charge in [0.05, 0.1) is 5.69 Å². The van der Waals surface area contributed by atoms with Crippen LogP contribution in [-0.2, 0) is 13.1 Å². The SMILES string of the molecule is CC(C)CNCc1nc(CN2CCN3CCCC3C2)cs1. The van der Waals surface area contributed by atoms with Crippen molar-refractivity contribution in [3.8, 4) is 0 Å². The Morgan fingerprint density at radius 2 is 2.29 bits per heavy atom. The highest BCUT2D eigenvalue weighted by Gasteiger charge is 2.30. The van der Waals surface area contributed by atoms with Gasteiger partial charge in [0.2, 0.25) is 0 Å². The minimum atomic E-state index is 0.701. The van der Waals surface area contributed by atoms with Crippen molar-refractivity contribution in [3.63, 3.8) is 0 Å². The summed E-state index contributed by atoms with van der Waals surface area (Å²) < 4.78 is 0. The van der Waals surface area contributed by atoms with Crippen molar-refractivity contribution in [1.82, 2.24) is 20.1 Å². The maximum atomic E-state index is 4.79. The molecule has 1 aromatic heterocycles. The summed E-state index contributed by atoms with van der Waals surface area (Å²) in [5.74, 6) is 0.701. The van der Waals surface area contributed by atoms with Gasteiger partial charge >= 0.3 is 0 Å². The zero-order valence-corrected chi connectivity index (χ0v) is 14.2. The predicted molar refractivity (Wildman–Crippen MR) is 88.5 cm³/mol. The van der Waals surface area contributed by atoms with E-state index in [1.54, 1.807) is 11.3 Å². The fourth-order valence-corrected chi connectivity index (χ4v) is 4.15. The van der Waals surface area contributed by atoms with Gasteiger partial charge in [-0.2, -0.15) is 0 Å². The lowest BCUT2D eigenvalue weighted by Gasteiger charge is -2.37. The number of nitrogens with one attached hydrogen (secondary N) is 1. The van der Waals surface area contributed by atoms with Gasteiger partial charge < -0.3 is 5.32 Å². The van der Waals surface area contributed by atoms with Crippen molar-refractivity contribution in [1.29, 1.82) is 0 Å². The highest BCUT2D eigenvalue weighted by atomic mass is 32.1. The van der Waals surface area contributed by atoms with Gasteiger partial charge in [-0.05, 0) is 31.8 Å².